The molecule has 3 fully saturated rings. The topological polar surface area (TPSA) is 40.6 Å². The molecule has 2 heterocycles. The molecule has 26 heavy (non-hydrogen) atoms. The van der Waals surface area contributed by atoms with Crippen LogP contribution in [-0.4, -0.2) is 59.3 Å². The number of benzene rings is 1. The largest absolute Gasteiger partial charge is 0.342 e. The summed E-state index contributed by atoms with van der Waals surface area (Å²) in [7, 11) is 0. The lowest BCUT2D eigenvalue weighted by Gasteiger charge is -2.50. The van der Waals surface area contributed by atoms with Crippen molar-refractivity contribution in [1.29, 1.82) is 0 Å². The van der Waals surface area contributed by atoms with Gasteiger partial charge in [0.15, 0.2) is 0 Å². The van der Waals surface area contributed by atoms with Crippen molar-refractivity contribution in [2.45, 2.75) is 44.1 Å². The highest BCUT2D eigenvalue weighted by atomic mass is 32.2. The van der Waals surface area contributed by atoms with E-state index in [2.05, 4.69) is 17.0 Å². The Hall–Kier alpha value is -1.49. The van der Waals surface area contributed by atoms with Crippen LogP contribution in [0.15, 0.2) is 30.3 Å². The number of carbonyl (C=O) groups excluding carboxylic acids is 2. The number of carbonyl (C=O) groups is 2. The minimum atomic E-state index is -0.0148. The second-order valence-electron chi connectivity index (χ2n) is 8.18. The number of piperidine rings is 2. The van der Waals surface area contributed by atoms with Gasteiger partial charge in [-0.25, -0.2) is 0 Å². The van der Waals surface area contributed by atoms with E-state index in [4.69, 9.17) is 0 Å². The summed E-state index contributed by atoms with van der Waals surface area (Å²) in [5.41, 5.74) is 1.33. The smallest absolute Gasteiger partial charge is 0.232 e. The Morgan fingerprint density at radius 1 is 1.19 bits per heavy atom. The van der Waals surface area contributed by atoms with E-state index in [0.717, 1.165) is 57.3 Å². The Kier molecular flexibility index (Phi) is 5.00. The summed E-state index contributed by atoms with van der Waals surface area (Å²) in [6, 6.07) is 10.8. The van der Waals surface area contributed by atoms with E-state index in [1.165, 1.54) is 0 Å². The first-order valence-electron chi connectivity index (χ1n) is 9.74. The zero-order valence-electron chi connectivity index (χ0n) is 15.5. The van der Waals surface area contributed by atoms with E-state index in [-0.39, 0.29) is 17.2 Å². The first-order valence-corrected chi connectivity index (χ1v) is 11.1. The van der Waals surface area contributed by atoms with Crippen LogP contribution < -0.4 is 0 Å². The van der Waals surface area contributed by atoms with Crippen LogP contribution in [0.1, 0.15) is 43.6 Å². The fourth-order valence-corrected chi connectivity index (χ4v) is 5.10. The van der Waals surface area contributed by atoms with E-state index in [0.29, 0.717) is 17.7 Å². The Balaban J connectivity index is 1.53. The molecule has 3 aliphatic rings. The van der Waals surface area contributed by atoms with Gasteiger partial charge in [0.1, 0.15) is 0 Å². The number of thioether (sulfide) groups is 1. The van der Waals surface area contributed by atoms with Crippen LogP contribution in [-0.2, 0) is 9.59 Å². The highest BCUT2D eigenvalue weighted by Crippen LogP contribution is 2.48. The molecule has 5 heteroatoms. The molecule has 1 aliphatic carbocycles. The van der Waals surface area contributed by atoms with Crippen molar-refractivity contribution >= 4 is 23.6 Å². The van der Waals surface area contributed by atoms with Crippen molar-refractivity contribution in [2.24, 2.45) is 5.41 Å². The van der Waals surface area contributed by atoms with Crippen molar-refractivity contribution in [3.8, 4) is 0 Å². The van der Waals surface area contributed by atoms with Crippen molar-refractivity contribution < 1.29 is 9.59 Å². The van der Waals surface area contributed by atoms with Crippen LogP contribution in [0.5, 0.6) is 0 Å². The van der Waals surface area contributed by atoms with Crippen LogP contribution in [0.3, 0.4) is 0 Å². The van der Waals surface area contributed by atoms with E-state index in [1.54, 1.807) is 11.8 Å². The van der Waals surface area contributed by atoms with Crippen LogP contribution in [0.25, 0.3) is 0 Å². The molecule has 2 aliphatic heterocycles. The summed E-state index contributed by atoms with van der Waals surface area (Å²) in [5, 5.41) is 0. The zero-order valence-corrected chi connectivity index (χ0v) is 16.3. The van der Waals surface area contributed by atoms with Gasteiger partial charge in [-0.05, 0) is 49.3 Å². The van der Waals surface area contributed by atoms with Gasteiger partial charge < -0.3 is 9.80 Å². The van der Waals surface area contributed by atoms with E-state index >= 15 is 0 Å². The van der Waals surface area contributed by atoms with Crippen molar-refractivity contribution in [3.63, 3.8) is 0 Å². The standard InChI is InChI=1S/C21H28N2O2S/c1-26-14-19(24)22-11-9-21(10-12-22)13-18(16-5-3-2-4-6-16)20(25)23(15-21)17-7-8-17/h2-6,17-18H,7-15H2,1H3/t18-/m1/s1. The van der Waals surface area contributed by atoms with E-state index < -0.39 is 0 Å². The average molecular weight is 373 g/mol. The minimum absolute atomic E-state index is 0.0148. The van der Waals surface area contributed by atoms with Gasteiger partial charge in [-0.2, -0.15) is 11.8 Å². The quantitative estimate of drug-likeness (QED) is 0.815. The van der Waals surface area contributed by atoms with Crippen LogP contribution in [0, 0.1) is 5.41 Å². The SMILES string of the molecule is CSCC(=O)N1CCC2(CC1)C[C@H](c1ccccc1)C(=O)N(C1CC1)C2. The maximum atomic E-state index is 13.1. The fraction of sp³-hybridized carbons (Fsp3) is 0.619. The van der Waals surface area contributed by atoms with Crippen LogP contribution >= 0.6 is 11.8 Å². The monoisotopic (exact) mass is 372 g/mol. The van der Waals surface area contributed by atoms with Gasteiger partial charge >= 0.3 is 0 Å². The molecule has 1 spiro atoms. The molecule has 4 rings (SSSR count). The second kappa shape index (κ2) is 7.26. The number of nitrogens with zero attached hydrogens (tertiary/aromatic N) is 2. The lowest BCUT2D eigenvalue weighted by Crippen LogP contribution is -2.55. The Morgan fingerprint density at radius 2 is 1.88 bits per heavy atom. The summed E-state index contributed by atoms with van der Waals surface area (Å²) >= 11 is 1.60. The molecular formula is C21H28N2O2S. The molecule has 0 unspecified atom stereocenters. The maximum absolute atomic E-state index is 13.1. The van der Waals surface area contributed by atoms with E-state index in [9.17, 15) is 9.59 Å². The van der Waals surface area contributed by atoms with Crippen molar-refractivity contribution in [1.82, 2.24) is 9.80 Å². The normalized spacial score (nSPS) is 25.6. The number of hydrogen-bond acceptors (Lipinski definition) is 3. The minimum Gasteiger partial charge on any atom is -0.342 e. The molecule has 0 radical (unpaired) electrons. The summed E-state index contributed by atoms with van der Waals surface area (Å²) < 4.78 is 0. The highest BCUT2D eigenvalue weighted by Gasteiger charge is 2.49. The van der Waals surface area contributed by atoms with Gasteiger partial charge in [0, 0.05) is 25.7 Å². The lowest BCUT2D eigenvalue weighted by atomic mass is 9.67. The third-order valence-electron chi connectivity index (χ3n) is 6.36. The van der Waals surface area contributed by atoms with Gasteiger partial charge in [0.05, 0.1) is 11.7 Å². The van der Waals surface area contributed by atoms with Crippen LogP contribution in [0.2, 0.25) is 0 Å². The van der Waals surface area contributed by atoms with Gasteiger partial charge in [0.25, 0.3) is 0 Å². The lowest BCUT2D eigenvalue weighted by molar-refractivity contribution is -0.144. The molecule has 0 aromatic heterocycles. The Bertz CT molecular complexity index is 666. The summed E-state index contributed by atoms with van der Waals surface area (Å²) in [6.45, 7) is 2.57. The predicted octanol–water partition coefficient (Wildman–Crippen LogP) is 3.14. The molecule has 1 saturated carbocycles. The number of amides is 2. The maximum Gasteiger partial charge on any atom is 0.232 e. The molecule has 4 nitrogen and oxygen atoms in total. The molecule has 0 N–H and O–H groups in total. The third kappa shape index (κ3) is 3.51. The molecule has 0 bridgehead atoms. The molecule has 140 valence electrons. The number of likely N-dealkylation sites (tertiary alicyclic amines) is 2. The summed E-state index contributed by atoms with van der Waals surface area (Å²) in [4.78, 5) is 29.6. The number of hydrogen-bond donors (Lipinski definition) is 0. The summed E-state index contributed by atoms with van der Waals surface area (Å²) in [6.07, 6.45) is 7.26. The summed E-state index contributed by atoms with van der Waals surface area (Å²) in [5.74, 6) is 1.15. The molecule has 2 amide bonds. The first kappa shape index (κ1) is 17.9. The van der Waals surface area contributed by atoms with E-state index in [1.807, 2.05) is 29.4 Å². The average Bonchev–Trinajstić information content (AvgIpc) is 3.50. The van der Waals surface area contributed by atoms with Gasteiger partial charge in [-0.1, -0.05) is 30.3 Å². The predicted molar refractivity (Wildman–Crippen MR) is 105 cm³/mol. The van der Waals surface area contributed by atoms with Crippen LogP contribution in [0.4, 0.5) is 0 Å². The van der Waals surface area contributed by atoms with Gasteiger partial charge in [-0.3, -0.25) is 9.59 Å². The molecule has 1 atom stereocenters. The molecule has 2 saturated heterocycles. The molecule has 1 aromatic carbocycles. The first-order chi connectivity index (χ1) is 12.6. The fourth-order valence-electron chi connectivity index (χ4n) is 4.67. The second-order valence-corrected chi connectivity index (χ2v) is 9.04. The third-order valence-corrected chi connectivity index (χ3v) is 6.89. The zero-order chi connectivity index (χ0) is 18.1. The molecular weight excluding hydrogens is 344 g/mol. The number of rotatable bonds is 4. The highest BCUT2D eigenvalue weighted by molar-refractivity contribution is 7.99. The Labute approximate surface area is 160 Å². The van der Waals surface area contributed by atoms with Gasteiger partial charge in [-0.15, -0.1) is 0 Å². The Morgan fingerprint density at radius 3 is 2.50 bits per heavy atom. The van der Waals surface area contributed by atoms with Crippen molar-refractivity contribution in [3.05, 3.63) is 35.9 Å². The molecule has 1 aromatic rings. The van der Waals surface area contributed by atoms with Crippen molar-refractivity contribution in [2.75, 3.05) is 31.6 Å². The van der Waals surface area contributed by atoms with Gasteiger partial charge in [0.2, 0.25) is 11.8 Å².